The van der Waals surface area contributed by atoms with Gasteiger partial charge in [0.25, 0.3) is 5.91 Å². The number of benzene rings is 2. The molecule has 0 aromatic heterocycles. The van der Waals surface area contributed by atoms with Crippen molar-refractivity contribution < 1.29 is 19.0 Å². The molecule has 0 fully saturated rings. The van der Waals surface area contributed by atoms with Crippen molar-refractivity contribution in [1.29, 1.82) is 0 Å². The minimum absolute atomic E-state index is 0.0410. The number of carbonyl (C=O) groups excluding carboxylic acids is 1. The molecule has 5 N–H and O–H groups in total. The number of halogens is 1. The van der Waals surface area contributed by atoms with E-state index in [0.29, 0.717) is 0 Å². The molecule has 0 unspecified atom stereocenters. The second kappa shape index (κ2) is 6.44. The molecule has 0 bridgehead atoms. The number of carbonyl (C=O) groups is 1. The van der Waals surface area contributed by atoms with Gasteiger partial charge < -0.3 is 21.3 Å². The highest BCUT2D eigenvalue weighted by molar-refractivity contribution is 6.06. The molecule has 0 spiro atoms. The largest absolute Gasteiger partial charge is 0.507 e. The fourth-order valence-electron chi connectivity index (χ4n) is 1.78. The molecule has 23 heavy (non-hydrogen) atoms. The number of amides is 1. The van der Waals surface area contributed by atoms with Crippen molar-refractivity contribution in [2.24, 2.45) is 16.5 Å². The molecular formula is C15H11FN4O3. The Bertz CT molecular complexity index is 839. The molecule has 0 aliphatic rings. The van der Waals surface area contributed by atoms with Gasteiger partial charge in [0.15, 0.2) is 11.7 Å². The molecule has 0 atom stereocenters. The highest BCUT2D eigenvalue weighted by atomic mass is 19.1. The fourth-order valence-corrected chi connectivity index (χ4v) is 1.78. The standard InChI is InChI=1S/C15H11FN4O3/c1-19-10-5-6-11(21)12(14(22)20-15(17)18)13(10)23-9-4-2-3-8(16)7-9/h2-7,21H,(H4,17,18,20,22). The number of nitrogens with two attached hydrogens (primary N) is 2. The van der Waals surface area contributed by atoms with Crippen LogP contribution in [0.15, 0.2) is 41.4 Å². The lowest BCUT2D eigenvalue weighted by Crippen LogP contribution is -2.24. The molecule has 0 aliphatic heterocycles. The van der Waals surface area contributed by atoms with Gasteiger partial charge in [-0.3, -0.25) is 4.79 Å². The maximum absolute atomic E-state index is 13.3. The van der Waals surface area contributed by atoms with E-state index in [-0.39, 0.29) is 17.2 Å². The van der Waals surface area contributed by atoms with Crippen molar-refractivity contribution in [3.05, 3.63) is 59.2 Å². The quantitative estimate of drug-likeness (QED) is 0.457. The molecule has 8 heteroatoms. The van der Waals surface area contributed by atoms with Crippen LogP contribution in [0.4, 0.5) is 10.1 Å². The lowest BCUT2D eigenvalue weighted by molar-refractivity contribution is 0.0998. The van der Waals surface area contributed by atoms with Crippen LogP contribution >= 0.6 is 0 Å². The van der Waals surface area contributed by atoms with Gasteiger partial charge in [0, 0.05) is 6.07 Å². The van der Waals surface area contributed by atoms with E-state index in [2.05, 4.69) is 9.84 Å². The monoisotopic (exact) mass is 314 g/mol. The number of rotatable bonds is 3. The van der Waals surface area contributed by atoms with Gasteiger partial charge in [-0.25, -0.2) is 9.24 Å². The van der Waals surface area contributed by atoms with Crippen molar-refractivity contribution >= 4 is 17.6 Å². The van der Waals surface area contributed by atoms with E-state index >= 15 is 0 Å². The van der Waals surface area contributed by atoms with E-state index in [1.165, 1.54) is 24.3 Å². The number of guanidine groups is 1. The van der Waals surface area contributed by atoms with Crippen LogP contribution in [0.2, 0.25) is 0 Å². The molecule has 116 valence electrons. The van der Waals surface area contributed by atoms with Crippen LogP contribution in [-0.2, 0) is 0 Å². The van der Waals surface area contributed by atoms with Gasteiger partial charge in [-0.15, -0.1) is 0 Å². The second-order valence-electron chi connectivity index (χ2n) is 4.32. The summed E-state index contributed by atoms with van der Waals surface area (Å²) in [6.07, 6.45) is 0. The first-order valence-electron chi connectivity index (χ1n) is 6.23. The number of aromatic hydroxyl groups is 1. The Balaban J connectivity index is 2.60. The lowest BCUT2D eigenvalue weighted by atomic mass is 10.1. The zero-order chi connectivity index (χ0) is 17.0. The molecule has 0 heterocycles. The van der Waals surface area contributed by atoms with E-state index < -0.39 is 29.0 Å². The minimum atomic E-state index is -0.987. The Hall–Kier alpha value is -3.60. The van der Waals surface area contributed by atoms with Gasteiger partial charge in [-0.05, 0) is 24.3 Å². The summed E-state index contributed by atoms with van der Waals surface area (Å²) < 4.78 is 18.7. The average molecular weight is 314 g/mol. The van der Waals surface area contributed by atoms with Gasteiger partial charge in [0.1, 0.15) is 22.9 Å². The Morgan fingerprint density at radius 2 is 2.04 bits per heavy atom. The highest BCUT2D eigenvalue weighted by Gasteiger charge is 2.22. The molecule has 2 aromatic rings. The Morgan fingerprint density at radius 1 is 1.30 bits per heavy atom. The van der Waals surface area contributed by atoms with E-state index in [0.717, 1.165) is 12.1 Å². The molecule has 0 aliphatic carbocycles. The van der Waals surface area contributed by atoms with Crippen molar-refractivity contribution in [1.82, 2.24) is 0 Å². The lowest BCUT2D eigenvalue weighted by Gasteiger charge is -2.12. The third-order valence-electron chi connectivity index (χ3n) is 2.70. The fraction of sp³-hybridized carbons (Fsp3) is 0. The van der Waals surface area contributed by atoms with Crippen LogP contribution < -0.4 is 16.2 Å². The van der Waals surface area contributed by atoms with Crippen LogP contribution in [0.25, 0.3) is 4.85 Å². The first-order chi connectivity index (χ1) is 10.9. The van der Waals surface area contributed by atoms with Crippen LogP contribution in [0.1, 0.15) is 10.4 Å². The summed E-state index contributed by atoms with van der Waals surface area (Å²) in [5.74, 6) is -2.76. The van der Waals surface area contributed by atoms with Gasteiger partial charge in [-0.1, -0.05) is 6.07 Å². The normalized spacial score (nSPS) is 9.74. The number of ether oxygens (including phenoxy) is 1. The number of hydrogen-bond acceptors (Lipinski definition) is 3. The van der Waals surface area contributed by atoms with Crippen molar-refractivity contribution in [2.75, 3.05) is 0 Å². The number of hydrogen-bond donors (Lipinski definition) is 3. The first kappa shape index (κ1) is 15.8. The number of nitrogens with zero attached hydrogens (tertiary/aromatic N) is 2. The first-order valence-corrected chi connectivity index (χ1v) is 6.23. The summed E-state index contributed by atoms with van der Waals surface area (Å²) >= 11 is 0. The Morgan fingerprint density at radius 3 is 2.65 bits per heavy atom. The van der Waals surface area contributed by atoms with Crippen LogP contribution in [-0.4, -0.2) is 17.0 Å². The zero-order valence-electron chi connectivity index (χ0n) is 11.7. The molecule has 2 aromatic carbocycles. The number of aliphatic imine (C=N–C) groups is 1. The van der Waals surface area contributed by atoms with Crippen LogP contribution in [0.3, 0.4) is 0 Å². The third-order valence-corrected chi connectivity index (χ3v) is 2.70. The van der Waals surface area contributed by atoms with Crippen molar-refractivity contribution in [2.45, 2.75) is 0 Å². The number of phenolic OH excluding ortho intramolecular Hbond substituents is 1. The van der Waals surface area contributed by atoms with Gasteiger partial charge in [0.05, 0.1) is 6.57 Å². The van der Waals surface area contributed by atoms with Gasteiger partial charge >= 0.3 is 0 Å². The Labute approximate surface area is 130 Å². The summed E-state index contributed by atoms with van der Waals surface area (Å²) in [5, 5.41) is 9.90. The SMILES string of the molecule is [C-]#[N+]c1ccc(O)c(C(=O)N=C(N)N)c1Oc1cccc(F)c1. The van der Waals surface area contributed by atoms with E-state index in [1.54, 1.807) is 0 Å². The molecule has 0 saturated heterocycles. The predicted octanol–water partition coefficient (Wildman–Crippen LogP) is 2.29. The highest BCUT2D eigenvalue weighted by Crippen LogP contribution is 2.40. The summed E-state index contributed by atoms with van der Waals surface area (Å²) in [7, 11) is 0. The van der Waals surface area contributed by atoms with Crippen molar-refractivity contribution in [3.8, 4) is 17.2 Å². The average Bonchev–Trinajstić information content (AvgIpc) is 2.46. The maximum atomic E-state index is 13.3. The molecular weight excluding hydrogens is 303 g/mol. The summed E-state index contributed by atoms with van der Waals surface area (Å²) in [6, 6.07) is 7.48. The third kappa shape index (κ3) is 3.54. The van der Waals surface area contributed by atoms with E-state index in [4.69, 9.17) is 22.8 Å². The maximum Gasteiger partial charge on any atom is 0.286 e. The smallest absolute Gasteiger partial charge is 0.286 e. The topological polar surface area (TPSA) is 115 Å². The molecule has 1 amide bonds. The van der Waals surface area contributed by atoms with E-state index in [1.807, 2.05) is 0 Å². The zero-order valence-corrected chi connectivity index (χ0v) is 11.7. The Kier molecular flexibility index (Phi) is 4.42. The summed E-state index contributed by atoms with van der Waals surface area (Å²) in [6.45, 7) is 7.14. The van der Waals surface area contributed by atoms with Crippen LogP contribution in [0.5, 0.6) is 17.2 Å². The van der Waals surface area contributed by atoms with E-state index in [9.17, 15) is 14.3 Å². The van der Waals surface area contributed by atoms with Gasteiger partial charge in [0.2, 0.25) is 5.69 Å². The van der Waals surface area contributed by atoms with Crippen molar-refractivity contribution in [3.63, 3.8) is 0 Å². The van der Waals surface area contributed by atoms with Gasteiger partial charge in [-0.2, -0.15) is 4.99 Å². The molecule has 0 saturated carbocycles. The number of phenols is 1. The second-order valence-corrected chi connectivity index (χ2v) is 4.32. The molecule has 0 radical (unpaired) electrons. The molecule has 2 rings (SSSR count). The van der Waals surface area contributed by atoms with Crippen LogP contribution in [0, 0.1) is 12.4 Å². The summed E-state index contributed by atoms with van der Waals surface area (Å²) in [5.41, 5.74) is 9.84. The summed E-state index contributed by atoms with van der Waals surface area (Å²) in [4.78, 5) is 18.6. The predicted molar refractivity (Wildman–Crippen MR) is 81.0 cm³/mol. The minimum Gasteiger partial charge on any atom is -0.507 e. The molecule has 7 nitrogen and oxygen atoms in total.